The number of benzene rings is 1. The highest BCUT2D eigenvalue weighted by Gasteiger charge is 2.27. The summed E-state index contributed by atoms with van der Waals surface area (Å²) in [5, 5.41) is 3.70. The van der Waals surface area contributed by atoms with Gasteiger partial charge in [0.25, 0.3) is 0 Å². The van der Waals surface area contributed by atoms with E-state index in [-0.39, 0.29) is 0 Å². The Balaban J connectivity index is 1.93. The summed E-state index contributed by atoms with van der Waals surface area (Å²) >= 11 is 2.10. The predicted molar refractivity (Wildman–Crippen MR) is 77.8 cm³/mol. The lowest BCUT2D eigenvalue weighted by Gasteiger charge is -2.20. The van der Waals surface area contributed by atoms with E-state index in [1.54, 1.807) is 0 Å². The molecule has 1 heterocycles. The number of nitrogens with one attached hydrogen (secondary N) is 1. The molecule has 0 aromatic heterocycles. The van der Waals surface area contributed by atoms with Gasteiger partial charge in [-0.25, -0.2) is 0 Å². The fraction of sp³-hybridized carbons (Fsp3) is 0.600. The summed E-state index contributed by atoms with van der Waals surface area (Å²) in [6.45, 7) is 5.58. The minimum atomic E-state index is 0.723. The van der Waals surface area contributed by atoms with Crippen molar-refractivity contribution in [3.05, 3.63) is 35.4 Å². The molecule has 2 atom stereocenters. The smallest absolute Gasteiger partial charge is 0.0197 e. The third kappa shape index (κ3) is 3.75. The van der Waals surface area contributed by atoms with Gasteiger partial charge in [0.15, 0.2) is 0 Å². The molecule has 1 N–H and O–H groups in total. The molecule has 0 spiro atoms. The van der Waals surface area contributed by atoms with Gasteiger partial charge in [-0.1, -0.05) is 36.8 Å². The number of rotatable bonds is 5. The fourth-order valence-electron chi connectivity index (χ4n) is 2.50. The number of hydrogen-bond acceptors (Lipinski definition) is 2. The van der Waals surface area contributed by atoms with E-state index in [1.807, 2.05) is 0 Å². The van der Waals surface area contributed by atoms with Gasteiger partial charge < -0.3 is 5.32 Å². The molecule has 17 heavy (non-hydrogen) atoms. The first kappa shape index (κ1) is 13.0. The predicted octanol–water partition coefficient (Wildman–Crippen LogP) is 3.27. The Morgan fingerprint density at radius 2 is 2.24 bits per heavy atom. The summed E-state index contributed by atoms with van der Waals surface area (Å²) in [4.78, 5) is 0. The summed E-state index contributed by atoms with van der Waals surface area (Å²) in [7, 11) is 0. The van der Waals surface area contributed by atoms with Gasteiger partial charge in [-0.2, -0.15) is 11.8 Å². The molecule has 0 radical (unpaired) electrons. The molecule has 2 unspecified atom stereocenters. The molecule has 0 amide bonds. The molecule has 94 valence electrons. The monoisotopic (exact) mass is 249 g/mol. The zero-order valence-corrected chi connectivity index (χ0v) is 11.7. The van der Waals surface area contributed by atoms with Crippen LogP contribution < -0.4 is 5.32 Å². The lowest BCUT2D eigenvalue weighted by molar-refractivity contribution is 0.425. The van der Waals surface area contributed by atoms with Gasteiger partial charge in [0.2, 0.25) is 0 Å². The number of hydrogen-bond donors (Lipinski definition) is 1. The van der Waals surface area contributed by atoms with Crippen molar-refractivity contribution in [2.45, 2.75) is 32.7 Å². The summed E-state index contributed by atoms with van der Waals surface area (Å²) in [5.74, 6) is 3.42. The lowest BCUT2D eigenvalue weighted by atomic mass is 9.94. The Labute approximate surface area is 109 Å². The molecule has 1 aliphatic heterocycles. The van der Waals surface area contributed by atoms with Gasteiger partial charge in [-0.3, -0.25) is 0 Å². The Morgan fingerprint density at radius 1 is 1.35 bits per heavy atom. The summed E-state index contributed by atoms with van der Waals surface area (Å²) in [5.41, 5.74) is 2.88. The van der Waals surface area contributed by atoms with Crippen LogP contribution in [0.5, 0.6) is 0 Å². The standard InChI is InChI=1S/C15H23NS/c1-3-7-16-15-11-17-10-14(15)9-13-6-4-5-12(2)8-13/h4-6,8,14-16H,3,7,9-11H2,1-2H3. The van der Waals surface area contributed by atoms with Crippen LogP contribution in [0, 0.1) is 12.8 Å². The van der Waals surface area contributed by atoms with Gasteiger partial charge in [-0.05, 0) is 43.5 Å². The maximum Gasteiger partial charge on any atom is 0.0197 e. The van der Waals surface area contributed by atoms with Crippen LogP contribution in [-0.4, -0.2) is 24.1 Å². The van der Waals surface area contributed by atoms with Crippen LogP contribution in [0.2, 0.25) is 0 Å². The van der Waals surface area contributed by atoms with Crippen LogP contribution in [0.1, 0.15) is 24.5 Å². The van der Waals surface area contributed by atoms with E-state index in [9.17, 15) is 0 Å². The maximum absolute atomic E-state index is 3.70. The van der Waals surface area contributed by atoms with Crippen LogP contribution in [0.4, 0.5) is 0 Å². The van der Waals surface area contributed by atoms with Gasteiger partial charge >= 0.3 is 0 Å². The van der Waals surface area contributed by atoms with Crippen LogP contribution >= 0.6 is 11.8 Å². The quantitative estimate of drug-likeness (QED) is 0.859. The highest BCUT2D eigenvalue weighted by molar-refractivity contribution is 7.99. The number of thioether (sulfide) groups is 1. The maximum atomic E-state index is 3.70. The molecule has 2 heteroatoms. The van der Waals surface area contributed by atoms with Gasteiger partial charge in [0.1, 0.15) is 0 Å². The van der Waals surface area contributed by atoms with E-state index < -0.39 is 0 Å². The van der Waals surface area contributed by atoms with Crippen molar-refractivity contribution in [2.24, 2.45) is 5.92 Å². The minimum absolute atomic E-state index is 0.723. The van der Waals surface area contributed by atoms with Gasteiger partial charge in [0, 0.05) is 11.8 Å². The van der Waals surface area contributed by atoms with Gasteiger partial charge in [-0.15, -0.1) is 0 Å². The molecule has 1 aliphatic rings. The molecule has 1 aromatic carbocycles. The Kier molecular flexibility index (Phi) is 4.93. The molecular weight excluding hydrogens is 226 g/mol. The van der Waals surface area contributed by atoms with E-state index in [0.717, 1.165) is 18.5 Å². The van der Waals surface area contributed by atoms with E-state index in [4.69, 9.17) is 0 Å². The topological polar surface area (TPSA) is 12.0 Å². The van der Waals surface area contributed by atoms with Crippen molar-refractivity contribution < 1.29 is 0 Å². The molecular formula is C15H23NS. The second-order valence-corrected chi connectivity index (χ2v) is 6.13. The average Bonchev–Trinajstić information content (AvgIpc) is 2.74. The average molecular weight is 249 g/mol. The van der Waals surface area contributed by atoms with E-state index >= 15 is 0 Å². The van der Waals surface area contributed by atoms with E-state index in [2.05, 4.69) is 55.2 Å². The van der Waals surface area contributed by atoms with Crippen molar-refractivity contribution >= 4 is 11.8 Å². The van der Waals surface area contributed by atoms with Crippen molar-refractivity contribution in [1.29, 1.82) is 0 Å². The Hall–Kier alpha value is -0.470. The third-order valence-corrected chi connectivity index (χ3v) is 4.69. The number of aryl methyl sites for hydroxylation is 1. The summed E-state index contributed by atoms with van der Waals surface area (Å²) < 4.78 is 0. The molecule has 0 aliphatic carbocycles. The van der Waals surface area contributed by atoms with Crippen molar-refractivity contribution in [2.75, 3.05) is 18.1 Å². The highest BCUT2D eigenvalue weighted by Crippen LogP contribution is 2.27. The first-order valence-corrected chi connectivity index (χ1v) is 7.81. The third-order valence-electron chi connectivity index (χ3n) is 3.44. The van der Waals surface area contributed by atoms with Crippen LogP contribution in [-0.2, 0) is 6.42 Å². The molecule has 1 aromatic rings. The van der Waals surface area contributed by atoms with Crippen LogP contribution in [0.3, 0.4) is 0 Å². The molecule has 1 fully saturated rings. The second-order valence-electron chi connectivity index (χ2n) is 5.05. The molecule has 2 rings (SSSR count). The Bertz CT molecular complexity index is 351. The zero-order chi connectivity index (χ0) is 12.1. The van der Waals surface area contributed by atoms with Crippen molar-refractivity contribution in [3.63, 3.8) is 0 Å². The largest absolute Gasteiger partial charge is 0.313 e. The van der Waals surface area contributed by atoms with Crippen LogP contribution in [0.15, 0.2) is 24.3 Å². The van der Waals surface area contributed by atoms with Crippen molar-refractivity contribution in [3.8, 4) is 0 Å². The zero-order valence-electron chi connectivity index (χ0n) is 10.9. The molecule has 1 saturated heterocycles. The van der Waals surface area contributed by atoms with Gasteiger partial charge in [0.05, 0.1) is 0 Å². The first-order chi connectivity index (χ1) is 8.29. The summed E-state index contributed by atoms with van der Waals surface area (Å²) in [6.07, 6.45) is 2.47. The summed E-state index contributed by atoms with van der Waals surface area (Å²) in [6, 6.07) is 9.69. The lowest BCUT2D eigenvalue weighted by Crippen LogP contribution is -2.36. The second kappa shape index (κ2) is 6.46. The SMILES string of the molecule is CCCNC1CSCC1Cc1cccc(C)c1. The normalized spacial score (nSPS) is 24.1. The molecule has 1 nitrogen and oxygen atoms in total. The van der Waals surface area contributed by atoms with Crippen molar-refractivity contribution in [1.82, 2.24) is 5.32 Å². The fourth-order valence-corrected chi connectivity index (χ4v) is 3.93. The first-order valence-electron chi connectivity index (χ1n) is 6.66. The van der Waals surface area contributed by atoms with E-state index in [0.29, 0.717) is 0 Å². The van der Waals surface area contributed by atoms with Crippen LogP contribution in [0.25, 0.3) is 0 Å². The Morgan fingerprint density at radius 3 is 3.00 bits per heavy atom. The minimum Gasteiger partial charge on any atom is -0.313 e. The van der Waals surface area contributed by atoms with E-state index in [1.165, 1.54) is 35.5 Å². The highest BCUT2D eigenvalue weighted by atomic mass is 32.2. The molecule has 0 bridgehead atoms. The molecule has 0 saturated carbocycles.